The fourth-order valence-electron chi connectivity index (χ4n) is 3.43. The van der Waals surface area contributed by atoms with Crippen molar-refractivity contribution in [1.82, 2.24) is 20.3 Å². The van der Waals surface area contributed by atoms with Gasteiger partial charge in [-0.1, -0.05) is 42.3 Å². The van der Waals surface area contributed by atoms with E-state index in [1.807, 2.05) is 10.9 Å². The highest BCUT2D eigenvalue weighted by Gasteiger charge is 2.32. The topological polar surface area (TPSA) is 101 Å². The SMILES string of the molecule is CC(C)c1cn(CC[C@H]2CC[C@H](NC(=O)Nc3cc(Cl)cc(Cl)c3)[C@@H](CO)O2)nn1. The summed E-state index contributed by atoms with van der Waals surface area (Å²) in [5.74, 6) is 0.337. The molecule has 0 saturated carbocycles. The maximum atomic E-state index is 12.4. The number of aryl methyl sites for hydroxylation is 1. The van der Waals surface area contributed by atoms with Crippen molar-refractivity contribution < 1.29 is 14.6 Å². The first kappa shape index (κ1) is 22.8. The number of hydrogen-bond donors (Lipinski definition) is 3. The minimum Gasteiger partial charge on any atom is -0.394 e. The third-order valence-electron chi connectivity index (χ3n) is 5.06. The molecule has 0 spiro atoms. The van der Waals surface area contributed by atoms with Crippen LogP contribution >= 0.6 is 23.2 Å². The van der Waals surface area contributed by atoms with E-state index in [-0.39, 0.29) is 18.8 Å². The maximum Gasteiger partial charge on any atom is 0.319 e. The van der Waals surface area contributed by atoms with Gasteiger partial charge in [-0.25, -0.2) is 4.79 Å². The van der Waals surface area contributed by atoms with Gasteiger partial charge in [0.25, 0.3) is 0 Å². The molecule has 1 aliphatic rings. The first-order chi connectivity index (χ1) is 14.3. The third kappa shape index (κ3) is 6.31. The van der Waals surface area contributed by atoms with Crippen LogP contribution in [0.15, 0.2) is 24.4 Å². The molecule has 0 bridgehead atoms. The van der Waals surface area contributed by atoms with Crippen LogP contribution in [0.2, 0.25) is 10.0 Å². The van der Waals surface area contributed by atoms with E-state index in [9.17, 15) is 9.90 Å². The highest BCUT2D eigenvalue weighted by molar-refractivity contribution is 6.35. The number of carbonyl (C=O) groups is 1. The number of nitrogens with zero attached hydrogens (tertiary/aromatic N) is 3. The molecular weight excluding hydrogens is 429 g/mol. The molecule has 0 radical (unpaired) electrons. The van der Waals surface area contributed by atoms with Gasteiger partial charge in [0.1, 0.15) is 6.10 Å². The molecule has 10 heteroatoms. The Labute approximate surface area is 185 Å². The Kier molecular flexibility index (Phi) is 7.93. The van der Waals surface area contributed by atoms with Crippen molar-refractivity contribution in [2.45, 2.75) is 63.8 Å². The largest absolute Gasteiger partial charge is 0.394 e. The lowest BCUT2D eigenvalue weighted by molar-refractivity contribution is -0.0905. The van der Waals surface area contributed by atoms with Gasteiger partial charge in [0.15, 0.2) is 0 Å². The van der Waals surface area contributed by atoms with Gasteiger partial charge in [-0.15, -0.1) is 5.10 Å². The van der Waals surface area contributed by atoms with E-state index in [0.717, 1.165) is 18.5 Å². The highest BCUT2D eigenvalue weighted by atomic mass is 35.5. The van der Waals surface area contributed by atoms with E-state index in [4.69, 9.17) is 27.9 Å². The lowest BCUT2D eigenvalue weighted by atomic mass is 9.97. The summed E-state index contributed by atoms with van der Waals surface area (Å²) in [5, 5.41) is 24.5. The van der Waals surface area contributed by atoms with E-state index in [1.165, 1.54) is 0 Å². The van der Waals surface area contributed by atoms with Gasteiger partial charge in [-0.2, -0.15) is 0 Å². The third-order valence-corrected chi connectivity index (χ3v) is 5.50. The zero-order chi connectivity index (χ0) is 21.7. The van der Waals surface area contributed by atoms with Crippen molar-refractivity contribution in [2.75, 3.05) is 11.9 Å². The second kappa shape index (κ2) is 10.4. The Morgan fingerprint density at radius 1 is 1.30 bits per heavy atom. The van der Waals surface area contributed by atoms with Crippen LogP contribution in [0.1, 0.15) is 44.7 Å². The molecule has 3 atom stereocenters. The zero-order valence-electron chi connectivity index (χ0n) is 17.0. The Balaban J connectivity index is 1.49. The van der Waals surface area contributed by atoms with Crippen molar-refractivity contribution in [3.63, 3.8) is 0 Å². The van der Waals surface area contributed by atoms with Crippen LogP contribution in [0, 0.1) is 0 Å². The number of hydrogen-bond acceptors (Lipinski definition) is 5. The molecule has 3 N–H and O–H groups in total. The smallest absolute Gasteiger partial charge is 0.319 e. The van der Waals surface area contributed by atoms with Crippen LogP contribution in [0.3, 0.4) is 0 Å². The van der Waals surface area contributed by atoms with E-state index in [0.29, 0.717) is 34.6 Å². The number of aliphatic hydroxyl groups excluding tert-OH is 1. The second-order valence-electron chi connectivity index (χ2n) is 7.77. The molecule has 1 aromatic carbocycles. The molecule has 3 rings (SSSR count). The van der Waals surface area contributed by atoms with E-state index < -0.39 is 12.1 Å². The summed E-state index contributed by atoms with van der Waals surface area (Å²) < 4.78 is 7.84. The molecule has 1 saturated heterocycles. The van der Waals surface area contributed by atoms with Gasteiger partial charge in [0, 0.05) is 28.5 Å². The van der Waals surface area contributed by atoms with E-state index in [1.54, 1.807) is 18.2 Å². The molecule has 2 aromatic rings. The number of rotatable bonds is 7. The molecular formula is C20H27Cl2N5O3. The molecule has 0 unspecified atom stereocenters. The van der Waals surface area contributed by atoms with Gasteiger partial charge < -0.3 is 20.5 Å². The lowest BCUT2D eigenvalue weighted by Crippen LogP contribution is -2.52. The summed E-state index contributed by atoms with van der Waals surface area (Å²) in [6.07, 6.45) is 3.70. The average molecular weight is 456 g/mol. The summed E-state index contributed by atoms with van der Waals surface area (Å²) in [6, 6.07) is 4.12. The number of aliphatic hydroxyl groups is 1. The second-order valence-corrected chi connectivity index (χ2v) is 8.64. The van der Waals surface area contributed by atoms with Crippen LogP contribution in [0.5, 0.6) is 0 Å². The number of ether oxygens (including phenoxy) is 1. The maximum absolute atomic E-state index is 12.4. The number of carbonyl (C=O) groups excluding carboxylic acids is 1. The van der Waals surface area contributed by atoms with Crippen molar-refractivity contribution >= 4 is 34.9 Å². The van der Waals surface area contributed by atoms with Crippen LogP contribution in [-0.2, 0) is 11.3 Å². The quantitative estimate of drug-likeness (QED) is 0.588. The number of aromatic nitrogens is 3. The molecule has 1 fully saturated rings. The number of amides is 2. The van der Waals surface area contributed by atoms with Gasteiger partial charge in [-0.05, 0) is 43.4 Å². The molecule has 30 heavy (non-hydrogen) atoms. The molecule has 2 amide bonds. The summed E-state index contributed by atoms with van der Waals surface area (Å²) >= 11 is 11.9. The van der Waals surface area contributed by atoms with Gasteiger partial charge >= 0.3 is 6.03 Å². The number of benzene rings is 1. The Bertz CT molecular complexity index is 840. The highest BCUT2D eigenvalue weighted by Crippen LogP contribution is 2.24. The van der Waals surface area contributed by atoms with Crippen molar-refractivity contribution in [1.29, 1.82) is 0 Å². The number of urea groups is 1. The Morgan fingerprint density at radius 3 is 2.67 bits per heavy atom. The number of nitrogens with one attached hydrogen (secondary N) is 2. The first-order valence-electron chi connectivity index (χ1n) is 10.0. The monoisotopic (exact) mass is 455 g/mol. The molecule has 1 aliphatic heterocycles. The normalized spacial score (nSPS) is 21.6. The zero-order valence-corrected chi connectivity index (χ0v) is 18.5. The van der Waals surface area contributed by atoms with E-state index in [2.05, 4.69) is 34.8 Å². The van der Waals surface area contributed by atoms with Crippen LogP contribution in [0.25, 0.3) is 0 Å². The summed E-state index contributed by atoms with van der Waals surface area (Å²) in [6.45, 7) is 4.67. The average Bonchev–Trinajstić information content (AvgIpc) is 3.15. The van der Waals surface area contributed by atoms with Crippen LogP contribution < -0.4 is 10.6 Å². The summed E-state index contributed by atoms with van der Waals surface area (Å²) in [4.78, 5) is 12.4. The predicted molar refractivity (Wildman–Crippen MR) is 116 cm³/mol. The first-order valence-corrected chi connectivity index (χ1v) is 10.8. The molecule has 8 nitrogen and oxygen atoms in total. The molecule has 1 aromatic heterocycles. The number of halogens is 2. The van der Waals surface area contributed by atoms with Crippen molar-refractivity contribution in [3.05, 3.63) is 40.1 Å². The van der Waals surface area contributed by atoms with Crippen molar-refractivity contribution in [3.8, 4) is 0 Å². The number of anilines is 1. The fraction of sp³-hybridized carbons (Fsp3) is 0.550. The van der Waals surface area contributed by atoms with Crippen LogP contribution in [-0.4, -0.2) is 51.0 Å². The summed E-state index contributed by atoms with van der Waals surface area (Å²) in [7, 11) is 0. The van der Waals surface area contributed by atoms with Gasteiger partial charge in [0.05, 0.1) is 24.4 Å². The Hall–Kier alpha value is -1.87. The predicted octanol–water partition coefficient (Wildman–Crippen LogP) is 3.83. The van der Waals surface area contributed by atoms with Gasteiger partial charge in [0.2, 0.25) is 0 Å². The standard InChI is InChI=1S/C20H27Cl2N5O3/c1-12(2)18-10-27(26-25-18)6-5-16-3-4-17(19(11-28)30-16)24-20(29)23-15-8-13(21)7-14(22)9-15/h7-10,12,16-17,19,28H,3-6,11H2,1-2H3,(H2,23,24,29)/t16-,17+,19-/m1/s1. The minimum atomic E-state index is -0.473. The van der Waals surface area contributed by atoms with E-state index >= 15 is 0 Å². The fourth-order valence-corrected chi connectivity index (χ4v) is 3.96. The van der Waals surface area contributed by atoms with Crippen LogP contribution in [0.4, 0.5) is 10.5 Å². The van der Waals surface area contributed by atoms with Gasteiger partial charge in [-0.3, -0.25) is 4.68 Å². The van der Waals surface area contributed by atoms with Crippen molar-refractivity contribution in [2.24, 2.45) is 0 Å². The minimum absolute atomic E-state index is 0.0123. The summed E-state index contributed by atoms with van der Waals surface area (Å²) in [5.41, 5.74) is 1.46. The molecule has 0 aliphatic carbocycles. The molecule has 164 valence electrons. The lowest BCUT2D eigenvalue weighted by Gasteiger charge is -2.36. The molecule has 2 heterocycles. The Morgan fingerprint density at radius 2 is 2.03 bits per heavy atom.